The summed E-state index contributed by atoms with van der Waals surface area (Å²) in [6.45, 7) is 4.70. The monoisotopic (exact) mass is 431 g/mol. The average molecular weight is 432 g/mol. The Kier molecular flexibility index (Phi) is 7.20. The van der Waals surface area contributed by atoms with E-state index in [2.05, 4.69) is 10.6 Å². The summed E-state index contributed by atoms with van der Waals surface area (Å²) in [6.07, 6.45) is 1.18. The molecule has 2 N–H and O–H groups in total. The van der Waals surface area contributed by atoms with Crippen molar-refractivity contribution in [2.24, 2.45) is 5.92 Å². The van der Waals surface area contributed by atoms with E-state index in [-0.39, 0.29) is 35.5 Å². The lowest BCUT2D eigenvalue weighted by molar-refractivity contribution is -0.125. The Hall–Kier alpha value is -2.74. The molecule has 1 fully saturated rings. The van der Waals surface area contributed by atoms with Gasteiger partial charge >= 0.3 is 0 Å². The van der Waals surface area contributed by atoms with Crippen LogP contribution in [0.15, 0.2) is 41.8 Å². The number of hydrogen-bond donors (Lipinski definition) is 2. The van der Waals surface area contributed by atoms with Gasteiger partial charge in [0.1, 0.15) is 11.9 Å². The standard InChI is InChI=1S/C22H26FN3O3S/c1-14(2)24-21(28)19(25-20(27)18-4-3-13-30-18)15-9-11-26(12-10-15)22(29)16-5-7-17(23)8-6-16/h3-8,13-15,19H,9-12H2,1-2H3,(H,24,28)(H,25,27)/t19-/m0/s1. The molecule has 1 atom stereocenters. The quantitative estimate of drug-likeness (QED) is 0.738. The zero-order valence-electron chi connectivity index (χ0n) is 17.1. The highest BCUT2D eigenvalue weighted by molar-refractivity contribution is 7.12. The van der Waals surface area contributed by atoms with E-state index < -0.39 is 6.04 Å². The predicted molar refractivity (Wildman–Crippen MR) is 114 cm³/mol. The number of likely N-dealkylation sites (tertiary alicyclic amines) is 1. The van der Waals surface area contributed by atoms with E-state index in [0.29, 0.717) is 36.4 Å². The summed E-state index contributed by atoms with van der Waals surface area (Å²) >= 11 is 1.32. The molecule has 0 aliphatic carbocycles. The Morgan fingerprint density at radius 2 is 1.73 bits per heavy atom. The number of carbonyl (C=O) groups is 3. The van der Waals surface area contributed by atoms with Gasteiger partial charge in [-0.3, -0.25) is 14.4 Å². The van der Waals surface area contributed by atoms with Gasteiger partial charge in [0.2, 0.25) is 5.91 Å². The fourth-order valence-corrected chi connectivity index (χ4v) is 4.23. The highest BCUT2D eigenvalue weighted by Gasteiger charge is 2.34. The van der Waals surface area contributed by atoms with Crippen LogP contribution in [0.5, 0.6) is 0 Å². The molecule has 6 nitrogen and oxygen atoms in total. The second-order valence-electron chi connectivity index (χ2n) is 7.73. The number of nitrogens with zero attached hydrogens (tertiary/aromatic N) is 1. The maximum Gasteiger partial charge on any atom is 0.262 e. The van der Waals surface area contributed by atoms with E-state index in [1.54, 1.807) is 17.0 Å². The van der Waals surface area contributed by atoms with E-state index in [1.807, 2.05) is 19.2 Å². The van der Waals surface area contributed by atoms with Crippen LogP contribution in [0.25, 0.3) is 0 Å². The summed E-state index contributed by atoms with van der Waals surface area (Å²) in [4.78, 5) is 40.3. The second kappa shape index (κ2) is 9.84. The summed E-state index contributed by atoms with van der Waals surface area (Å²) in [6, 6.07) is 8.31. The van der Waals surface area contributed by atoms with Crippen molar-refractivity contribution in [3.63, 3.8) is 0 Å². The molecule has 3 amide bonds. The number of carbonyl (C=O) groups excluding carboxylic acids is 3. The van der Waals surface area contributed by atoms with Crippen LogP contribution in [0.3, 0.4) is 0 Å². The van der Waals surface area contributed by atoms with Crippen molar-refractivity contribution in [3.05, 3.63) is 58.0 Å². The molecule has 1 aromatic heterocycles. The molecule has 1 aromatic carbocycles. The lowest BCUT2D eigenvalue weighted by Gasteiger charge is -2.36. The molecule has 0 unspecified atom stereocenters. The summed E-state index contributed by atoms with van der Waals surface area (Å²) in [5.74, 6) is -1.09. The Morgan fingerprint density at radius 1 is 1.07 bits per heavy atom. The molecule has 0 saturated carbocycles. The van der Waals surface area contributed by atoms with Crippen LogP contribution < -0.4 is 10.6 Å². The highest BCUT2D eigenvalue weighted by atomic mass is 32.1. The molecule has 1 aliphatic heterocycles. The maximum absolute atomic E-state index is 13.1. The molecular weight excluding hydrogens is 405 g/mol. The number of nitrogens with one attached hydrogen (secondary N) is 2. The van der Waals surface area contributed by atoms with Crippen LogP contribution in [0, 0.1) is 11.7 Å². The zero-order chi connectivity index (χ0) is 21.7. The lowest BCUT2D eigenvalue weighted by Crippen LogP contribution is -2.54. The molecule has 0 radical (unpaired) electrons. The van der Waals surface area contributed by atoms with E-state index >= 15 is 0 Å². The maximum atomic E-state index is 13.1. The number of thiophene rings is 1. The van der Waals surface area contributed by atoms with Crippen LogP contribution >= 0.6 is 11.3 Å². The van der Waals surface area contributed by atoms with Crippen molar-refractivity contribution in [3.8, 4) is 0 Å². The third-order valence-corrected chi connectivity index (χ3v) is 6.00. The average Bonchev–Trinajstić information content (AvgIpc) is 3.26. The largest absolute Gasteiger partial charge is 0.352 e. The summed E-state index contributed by atoms with van der Waals surface area (Å²) in [7, 11) is 0. The van der Waals surface area contributed by atoms with Crippen molar-refractivity contribution in [2.75, 3.05) is 13.1 Å². The van der Waals surface area contributed by atoms with Crippen LogP contribution in [0.2, 0.25) is 0 Å². The van der Waals surface area contributed by atoms with E-state index in [4.69, 9.17) is 0 Å². The van der Waals surface area contributed by atoms with Gasteiger partial charge in [-0.2, -0.15) is 0 Å². The van der Waals surface area contributed by atoms with Gasteiger partial charge < -0.3 is 15.5 Å². The number of benzene rings is 1. The predicted octanol–water partition coefficient (Wildman–Crippen LogP) is 3.06. The van der Waals surface area contributed by atoms with Crippen LogP contribution in [-0.4, -0.2) is 47.8 Å². The normalized spacial score (nSPS) is 15.7. The minimum Gasteiger partial charge on any atom is -0.352 e. The third kappa shape index (κ3) is 5.44. The Balaban J connectivity index is 1.66. The number of piperidine rings is 1. The number of hydrogen-bond acceptors (Lipinski definition) is 4. The molecule has 0 spiro atoms. The second-order valence-corrected chi connectivity index (χ2v) is 8.68. The molecular formula is C22H26FN3O3S. The Morgan fingerprint density at radius 3 is 2.30 bits per heavy atom. The molecule has 0 bridgehead atoms. The molecule has 1 aliphatic rings. The smallest absolute Gasteiger partial charge is 0.262 e. The minimum atomic E-state index is -0.662. The molecule has 30 heavy (non-hydrogen) atoms. The number of halogens is 1. The van der Waals surface area contributed by atoms with E-state index in [0.717, 1.165) is 0 Å². The van der Waals surface area contributed by atoms with Gasteiger partial charge in [-0.15, -0.1) is 11.3 Å². The third-order valence-electron chi connectivity index (χ3n) is 5.13. The summed E-state index contributed by atoms with van der Waals surface area (Å²) in [5, 5.41) is 7.60. The van der Waals surface area contributed by atoms with Gasteiger partial charge in [0.05, 0.1) is 4.88 Å². The summed E-state index contributed by atoms with van der Waals surface area (Å²) < 4.78 is 13.1. The lowest BCUT2D eigenvalue weighted by atomic mass is 9.88. The first-order valence-corrected chi connectivity index (χ1v) is 10.9. The van der Waals surface area contributed by atoms with Gasteiger partial charge in [0.15, 0.2) is 0 Å². The Bertz CT molecular complexity index is 876. The molecule has 3 rings (SSSR count). The Labute approximate surface area is 179 Å². The fraction of sp³-hybridized carbons (Fsp3) is 0.409. The van der Waals surface area contributed by atoms with Gasteiger partial charge in [0, 0.05) is 24.7 Å². The van der Waals surface area contributed by atoms with Gasteiger partial charge in [-0.1, -0.05) is 6.07 Å². The van der Waals surface area contributed by atoms with Crippen LogP contribution in [0.1, 0.15) is 46.7 Å². The van der Waals surface area contributed by atoms with E-state index in [9.17, 15) is 18.8 Å². The van der Waals surface area contributed by atoms with Gasteiger partial charge in [0.25, 0.3) is 11.8 Å². The number of amides is 3. The first-order chi connectivity index (χ1) is 14.3. The fourth-order valence-electron chi connectivity index (χ4n) is 3.60. The zero-order valence-corrected chi connectivity index (χ0v) is 17.9. The SMILES string of the molecule is CC(C)NC(=O)[C@@H](NC(=O)c1cccs1)C1CCN(C(=O)c2ccc(F)cc2)CC1. The number of rotatable bonds is 6. The van der Waals surface area contributed by atoms with E-state index in [1.165, 1.54) is 35.6 Å². The molecule has 160 valence electrons. The molecule has 1 saturated heterocycles. The molecule has 2 heterocycles. The van der Waals surface area contributed by atoms with Crippen LogP contribution in [0.4, 0.5) is 4.39 Å². The van der Waals surface area contributed by atoms with Gasteiger partial charge in [-0.25, -0.2) is 4.39 Å². The van der Waals surface area contributed by atoms with Crippen molar-refractivity contribution in [1.82, 2.24) is 15.5 Å². The minimum absolute atomic E-state index is 0.0428. The van der Waals surface area contributed by atoms with Crippen molar-refractivity contribution in [1.29, 1.82) is 0 Å². The highest BCUT2D eigenvalue weighted by Crippen LogP contribution is 2.23. The van der Waals surface area contributed by atoms with Crippen molar-refractivity contribution < 1.29 is 18.8 Å². The van der Waals surface area contributed by atoms with Gasteiger partial charge in [-0.05, 0) is 68.3 Å². The first kappa shape index (κ1) is 22.0. The van der Waals surface area contributed by atoms with Crippen molar-refractivity contribution >= 4 is 29.1 Å². The van der Waals surface area contributed by atoms with Crippen molar-refractivity contribution in [2.45, 2.75) is 38.8 Å². The first-order valence-electron chi connectivity index (χ1n) is 10.0. The summed E-state index contributed by atoms with van der Waals surface area (Å²) in [5.41, 5.74) is 0.440. The molecule has 8 heteroatoms. The molecule has 2 aromatic rings. The van der Waals surface area contributed by atoms with Crippen LogP contribution in [-0.2, 0) is 4.79 Å². The topological polar surface area (TPSA) is 78.5 Å².